The van der Waals surface area contributed by atoms with E-state index in [1.807, 2.05) is 7.05 Å². The molecule has 1 aromatic rings. The molecular weight excluding hydrogens is 232 g/mol. The number of aryl methyl sites for hydroxylation is 2. The summed E-state index contributed by atoms with van der Waals surface area (Å²) in [6.07, 6.45) is 7.87. The quantitative estimate of drug-likeness (QED) is 0.758. The fourth-order valence-corrected chi connectivity index (χ4v) is 2.96. The standard InChI is InChI=1S/C17H28N2/c1-18-11-5-6-12-19(2)14-15-9-10-16-7-3-4-8-17(16)13-15/h9-10,13,18H,3-8,11-12,14H2,1-2H3. The molecule has 2 nitrogen and oxygen atoms in total. The van der Waals surface area contributed by atoms with Crippen LogP contribution in [0, 0.1) is 0 Å². The maximum Gasteiger partial charge on any atom is 0.0230 e. The van der Waals surface area contributed by atoms with Gasteiger partial charge in [-0.3, -0.25) is 0 Å². The molecule has 0 aromatic heterocycles. The van der Waals surface area contributed by atoms with Gasteiger partial charge in [-0.1, -0.05) is 18.2 Å². The van der Waals surface area contributed by atoms with Crippen molar-refractivity contribution in [1.82, 2.24) is 10.2 Å². The Balaban J connectivity index is 1.81. The van der Waals surface area contributed by atoms with Crippen LogP contribution in [0.4, 0.5) is 0 Å². The number of hydrogen-bond donors (Lipinski definition) is 1. The van der Waals surface area contributed by atoms with Crippen LogP contribution in [0.3, 0.4) is 0 Å². The largest absolute Gasteiger partial charge is 0.320 e. The summed E-state index contributed by atoms with van der Waals surface area (Å²) in [5.74, 6) is 0. The molecule has 0 heterocycles. The van der Waals surface area contributed by atoms with E-state index in [-0.39, 0.29) is 0 Å². The fraction of sp³-hybridized carbons (Fsp3) is 0.647. The zero-order valence-electron chi connectivity index (χ0n) is 12.5. The van der Waals surface area contributed by atoms with Gasteiger partial charge in [0.2, 0.25) is 0 Å². The molecule has 0 amide bonds. The molecule has 0 atom stereocenters. The van der Waals surface area contributed by atoms with Crippen LogP contribution in [-0.4, -0.2) is 32.1 Å². The van der Waals surface area contributed by atoms with E-state index in [1.165, 1.54) is 50.6 Å². The lowest BCUT2D eigenvalue weighted by Gasteiger charge is -2.20. The lowest BCUT2D eigenvalue weighted by Crippen LogP contribution is -2.20. The van der Waals surface area contributed by atoms with Crippen LogP contribution < -0.4 is 5.32 Å². The van der Waals surface area contributed by atoms with Crippen LogP contribution in [0.25, 0.3) is 0 Å². The molecule has 2 heteroatoms. The van der Waals surface area contributed by atoms with E-state index >= 15 is 0 Å². The first-order valence-corrected chi connectivity index (χ1v) is 7.73. The molecule has 0 radical (unpaired) electrons. The monoisotopic (exact) mass is 260 g/mol. The van der Waals surface area contributed by atoms with Crippen LogP contribution in [0.1, 0.15) is 42.4 Å². The van der Waals surface area contributed by atoms with Gasteiger partial charge in [0.25, 0.3) is 0 Å². The SMILES string of the molecule is CNCCCCN(C)Cc1ccc2c(c1)CCCC2. The van der Waals surface area contributed by atoms with Crippen LogP contribution in [0.5, 0.6) is 0 Å². The topological polar surface area (TPSA) is 15.3 Å². The minimum atomic E-state index is 1.09. The zero-order valence-corrected chi connectivity index (χ0v) is 12.5. The summed E-state index contributed by atoms with van der Waals surface area (Å²) in [5, 5.41) is 3.21. The van der Waals surface area contributed by atoms with Crippen molar-refractivity contribution >= 4 is 0 Å². The first-order chi connectivity index (χ1) is 9.29. The minimum absolute atomic E-state index is 1.09. The Kier molecular flexibility index (Phi) is 5.87. The number of benzene rings is 1. The summed E-state index contributed by atoms with van der Waals surface area (Å²) in [4.78, 5) is 2.44. The highest BCUT2D eigenvalue weighted by Gasteiger charge is 2.10. The van der Waals surface area contributed by atoms with Crippen molar-refractivity contribution in [3.63, 3.8) is 0 Å². The molecule has 106 valence electrons. The smallest absolute Gasteiger partial charge is 0.0230 e. The average molecular weight is 260 g/mol. The molecule has 0 aliphatic heterocycles. The summed E-state index contributed by atoms with van der Waals surface area (Å²) in [6, 6.07) is 7.13. The zero-order chi connectivity index (χ0) is 13.5. The van der Waals surface area contributed by atoms with E-state index in [9.17, 15) is 0 Å². The average Bonchev–Trinajstić information content (AvgIpc) is 2.43. The summed E-state index contributed by atoms with van der Waals surface area (Å²) < 4.78 is 0. The summed E-state index contributed by atoms with van der Waals surface area (Å²) in [5.41, 5.74) is 4.68. The van der Waals surface area contributed by atoms with Gasteiger partial charge in [-0.05, 0) is 82.4 Å². The van der Waals surface area contributed by atoms with Crippen molar-refractivity contribution in [2.75, 3.05) is 27.2 Å². The van der Waals surface area contributed by atoms with Crippen LogP contribution in [0.15, 0.2) is 18.2 Å². The number of nitrogens with zero attached hydrogens (tertiary/aromatic N) is 1. The van der Waals surface area contributed by atoms with Gasteiger partial charge >= 0.3 is 0 Å². The second-order valence-electron chi connectivity index (χ2n) is 5.86. The number of hydrogen-bond acceptors (Lipinski definition) is 2. The number of rotatable bonds is 7. The second-order valence-corrected chi connectivity index (χ2v) is 5.86. The maximum atomic E-state index is 3.21. The van der Waals surface area contributed by atoms with Crippen molar-refractivity contribution in [3.8, 4) is 0 Å². The van der Waals surface area contributed by atoms with Crippen molar-refractivity contribution < 1.29 is 0 Å². The maximum absolute atomic E-state index is 3.21. The molecule has 1 aromatic carbocycles. The van der Waals surface area contributed by atoms with Crippen molar-refractivity contribution in [1.29, 1.82) is 0 Å². The summed E-state index contributed by atoms with van der Waals surface area (Å²) in [7, 11) is 4.26. The van der Waals surface area contributed by atoms with Gasteiger partial charge in [-0.15, -0.1) is 0 Å². The predicted molar refractivity (Wildman–Crippen MR) is 82.6 cm³/mol. The van der Waals surface area contributed by atoms with E-state index in [1.54, 1.807) is 11.1 Å². The van der Waals surface area contributed by atoms with Gasteiger partial charge < -0.3 is 10.2 Å². The van der Waals surface area contributed by atoms with Crippen molar-refractivity contribution in [2.24, 2.45) is 0 Å². The van der Waals surface area contributed by atoms with E-state index in [4.69, 9.17) is 0 Å². The third-order valence-electron chi connectivity index (χ3n) is 4.08. The highest BCUT2D eigenvalue weighted by atomic mass is 15.1. The molecule has 0 saturated heterocycles. The molecule has 2 rings (SSSR count). The fourth-order valence-electron chi connectivity index (χ4n) is 2.96. The molecule has 1 aliphatic carbocycles. The Hall–Kier alpha value is -0.860. The molecule has 0 saturated carbocycles. The van der Waals surface area contributed by atoms with Crippen LogP contribution in [-0.2, 0) is 19.4 Å². The molecule has 0 spiro atoms. The third-order valence-corrected chi connectivity index (χ3v) is 4.08. The third kappa shape index (κ3) is 4.63. The Bertz CT molecular complexity index is 387. The van der Waals surface area contributed by atoms with Gasteiger partial charge in [0.05, 0.1) is 0 Å². The van der Waals surface area contributed by atoms with Crippen LogP contribution in [0.2, 0.25) is 0 Å². The van der Waals surface area contributed by atoms with Gasteiger partial charge in [0.15, 0.2) is 0 Å². The molecular formula is C17H28N2. The predicted octanol–water partition coefficient (Wildman–Crippen LogP) is 3.00. The highest BCUT2D eigenvalue weighted by Crippen LogP contribution is 2.22. The molecule has 1 aliphatic rings. The molecule has 0 fully saturated rings. The number of nitrogens with one attached hydrogen (secondary N) is 1. The van der Waals surface area contributed by atoms with E-state index < -0.39 is 0 Å². The Labute approximate surface area is 118 Å². The number of unbranched alkanes of at least 4 members (excludes halogenated alkanes) is 1. The normalized spacial score (nSPS) is 14.7. The molecule has 0 bridgehead atoms. The molecule has 19 heavy (non-hydrogen) atoms. The molecule has 0 unspecified atom stereocenters. The summed E-state index contributed by atoms with van der Waals surface area (Å²) >= 11 is 0. The van der Waals surface area contributed by atoms with E-state index in [2.05, 4.69) is 35.5 Å². The Morgan fingerprint density at radius 1 is 1.11 bits per heavy atom. The van der Waals surface area contributed by atoms with E-state index in [0.717, 1.165) is 13.1 Å². The minimum Gasteiger partial charge on any atom is -0.320 e. The van der Waals surface area contributed by atoms with Gasteiger partial charge in [0, 0.05) is 6.54 Å². The number of fused-ring (bicyclic) bond motifs is 1. The van der Waals surface area contributed by atoms with Gasteiger partial charge in [-0.25, -0.2) is 0 Å². The first kappa shape index (κ1) is 14.5. The van der Waals surface area contributed by atoms with Crippen molar-refractivity contribution in [2.45, 2.75) is 45.1 Å². The Morgan fingerprint density at radius 3 is 2.68 bits per heavy atom. The summed E-state index contributed by atoms with van der Waals surface area (Å²) in [6.45, 7) is 3.41. The van der Waals surface area contributed by atoms with E-state index in [0.29, 0.717) is 0 Å². The lowest BCUT2D eigenvalue weighted by molar-refractivity contribution is 0.318. The first-order valence-electron chi connectivity index (χ1n) is 7.73. The Morgan fingerprint density at radius 2 is 1.89 bits per heavy atom. The second kappa shape index (κ2) is 7.66. The van der Waals surface area contributed by atoms with Gasteiger partial charge in [0.1, 0.15) is 0 Å². The van der Waals surface area contributed by atoms with Crippen molar-refractivity contribution in [3.05, 3.63) is 34.9 Å². The highest BCUT2D eigenvalue weighted by molar-refractivity contribution is 5.33. The van der Waals surface area contributed by atoms with Crippen LogP contribution >= 0.6 is 0 Å². The lowest BCUT2D eigenvalue weighted by atomic mass is 9.90. The molecule has 1 N–H and O–H groups in total. The van der Waals surface area contributed by atoms with Gasteiger partial charge in [-0.2, -0.15) is 0 Å².